The Morgan fingerprint density at radius 3 is 1.73 bits per heavy atom. The van der Waals surface area contributed by atoms with E-state index >= 15 is 0 Å². The van der Waals surface area contributed by atoms with Gasteiger partial charge in [-0.05, 0) is 73.0 Å². The van der Waals surface area contributed by atoms with Crippen LogP contribution in [0.5, 0.6) is 0 Å². The number of ketones is 2. The average molecular weight is 296 g/mol. The second kappa shape index (κ2) is 3.26. The average Bonchev–Trinajstić information content (AvgIpc) is 3.20. The first kappa shape index (κ1) is 11.8. The molecule has 7 rings (SSSR count). The number of hydrogen-bond acceptors (Lipinski definition) is 2. The molecule has 10 atom stereocenters. The van der Waals surface area contributed by atoms with Crippen molar-refractivity contribution in [3.63, 3.8) is 0 Å². The van der Waals surface area contributed by atoms with Crippen molar-refractivity contribution in [2.45, 2.75) is 44.9 Å². The Morgan fingerprint density at radius 1 is 0.727 bits per heavy atom. The van der Waals surface area contributed by atoms with E-state index in [0.717, 1.165) is 11.8 Å². The van der Waals surface area contributed by atoms with Gasteiger partial charge in [-0.15, -0.1) is 0 Å². The third-order valence-corrected chi connectivity index (χ3v) is 9.98. The van der Waals surface area contributed by atoms with E-state index in [1.54, 1.807) is 0 Å². The van der Waals surface area contributed by atoms with Crippen LogP contribution in [0.25, 0.3) is 0 Å². The Balaban J connectivity index is 1.59. The molecule has 2 nitrogen and oxygen atoms in total. The summed E-state index contributed by atoms with van der Waals surface area (Å²) in [6.45, 7) is 0. The van der Waals surface area contributed by atoms with Crippen molar-refractivity contribution in [2.24, 2.45) is 64.6 Å². The number of fused-ring (bicyclic) bond motifs is 3. The van der Waals surface area contributed by atoms with E-state index in [1.807, 2.05) is 0 Å². The minimum atomic E-state index is 0.184. The van der Waals surface area contributed by atoms with Crippen molar-refractivity contribution < 1.29 is 9.59 Å². The molecule has 0 heterocycles. The van der Waals surface area contributed by atoms with Crippen molar-refractivity contribution in [3.05, 3.63) is 0 Å². The van der Waals surface area contributed by atoms with E-state index in [9.17, 15) is 9.59 Å². The minimum absolute atomic E-state index is 0.184. The lowest BCUT2D eigenvalue weighted by molar-refractivity contribution is -0.141. The summed E-state index contributed by atoms with van der Waals surface area (Å²) in [6.07, 6.45) is 9.52. The van der Waals surface area contributed by atoms with Gasteiger partial charge >= 0.3 is 0 Å². The summed E-state index contributed by atoms with van der Waals surface area (Å²) in [4.78, 5) is 26.5. The summed E-state index contributed by atoms with van der Waals surface area (Å²) in [6, 6.07) is 0. The molecule has 7 saturated carbocycles. The molecule has 0 aromatic rings. The Bertz CT molecular complexity index is 582. The largest absolute Gasteiger partial charge is 0.299 e. The zero-order valence-electron chi connectivity index (χ0n) is 13.0. The number of carbonyl (C=O) groups excluding carboxylic acids is 2. The molecule has 0 aromatic carbocycles. The van der Waals surface area contributed by atoms with Crippen LogP contribution >= 0.6 is 0 Å². The van der Waals surface area contributed by atoms with Crippen LogP contribution < -0.4 is 0 Å². The zero-order chi connectivity index (χ0) is 14.4. The molecule has 0 N–H and O–H groups in total. The second-order valence-electron chi connectivity index (χ2n) is 9.89. The fourth-order valence-corrected chi connectivity index (χ4v) is 10.1. The van der Waals surface area contributed by atoms with Crippen LogP contribution in [0, 0.1) is 64.6 Å². The summed E-state index contributed by atoms with van der Waals surface area (Å²) < 4.78 is 0. The smallest absolute Gasteiger partial charge is 0.141 e. The van der Waals surface area contributed by atoms with E-state index < -0.39 is 0 Å². The first-order valence-electron chi connectivity index (χ1n) is 9.81. The summed E-state index contributed by atoms with van der Waals surface area (Å²) in [5.74, 6) is 5.99. The van der Waals surface area contributed by atoms with Gasteiger partial charge < -0.3 is 0 Å². The maximum atomic E-state index is 13.2. The highest BCUT2D eigenvalue weighted by Crippen LogP contribution is 2.82. The third-order valence-electron chi connectivity index (χ3n) is 9.98. The van der Waals surface area contributed by atoms with Crippen LogP contribution in [0.4, 0.5) is 0 Å². The highest BCUT2D eigenvalue weighted by Gasteiger charge is 2.83. The Morgan fingerprint density at radius 2 is 1.23 bits per heavy atom. The third kappa shape index (κ3) is 0.893. The molecule has 1 spiro atoms. The maximum absolute atomic E-state index is 13.2. The first-order valence-corrected chi connectivity index (χ1v) is 9.81. The summed E-state index contributed by atoms with van der Waals surface area (Å²) in [5, 5.41) is 0. The molecule has 7 fully saturated rings. The van der Waals surface area contributed by atoms with Crippen LogP contribution in [-0.4, -0.2) is 11.6 Å². The van der Waals surface area contributed by atoms with Crippen LogP contribution in [0.15, 0.2) is 0 Å². The molecule has 0 amide bonds. The van der Waals surface area contributed by atoms with Crippen LogP contribution in [0.3, 0.4) is 0 Å². The molecule has 8 bridgehead atoms. The number of carbonyl (C=O) groups is 2. The van der Waals surface area contributed by atoms with Gasteiger partial charge in [-0.2, -0.15) is 0 Å². The molecular weight excluding hydrogens is 272 g/mol. The van der Waals surface area contributed by atoms with Gasteiger partial charge in [0.05, 0.1) is 0 Å². The van der Waals surface area contributed by atoms with Gasteiger partial charge in [0.2, 0.25) is 0 Å². The fourth-order valence-electron chi connectivity index (χ4n) is 10.1. The number of hydrogen-bond donors (Lipinski definition) is 0. The van der Waals surface area contributed by atoms with E-state index in [-0.39, 0.29) is 23.7 Å². The van der Waals surface area contributed by atoms with Crippen molar-refractivity contribution in [2.75, 3.05) is 0 Å². The predicted octanol–water partition coefficient (Wildman–Crippen LogP) is 3.10. The predicted molar refractivity (Wildman–Crippen MR) is 79.7 cm³/mol. The summed E-state index contributed by atoms with van der Waals surface area (Å²) in [5.41, 5.74) is 0.428. The van der Waals surface area contributed by atoms with Gasteiger partial charge in [-0.1, -0.05) is 12.8 Å². The van der Waals surface area contributed by atoms with E-state index in [2.05, 4.69) is 0 Å². The molecule has 22 heavy (non-hydrogen) atoms. The zero-order valence-corrected chi connectivity index (χ0v) is 13.0. The van der Waals surface area contributed by atoms with E-state index in [0.29, 0.717) is 40.7 Å². The quantitative estimate of drug-likeness (QED) is 0.688. The van der Waals surface area contributed by atoms with E-state index in [1.165, 1.54) is 44.9 Å². The van der Waals surface area contributed by atoms with Crippen molar-refractivity contribution in [1.29, 1.82) is 0 Å². The minimum Gasteiger partial charge on any atom is -0.299 e. The van der Waals surface area contributed by atoms with Gasteiger partial charge in [0.15, 0.2) is 0 Å². The summed E-state index contributed by atoms with van der Waals surface area (Å²) >= 11 is 0. The number of Topliss-reactive ketones (excluding diaryl/α,β-unsaturated/α-hetero) is 2. The van der Waals surface area contributed by atoms with Gasteiger partial charge in [-0.3, -0.25) is 9.59 Å². The molecule has 2 heteroatoms. The lowest BCUT2D eigenvalue weighted by Gasteiger charge is -2.43. The SMILES string of the molecule is O=C1C2C3C(=O)C4C1C1C2C2CCC(C2)C3C4C12CCCC2. The van der Waals surface area contributed by atoms with Gasteiger partial charge in [-0.25, -0.2) is 0 Å². The van der Waals surface area contributed by atoms with Crippen LogP contribution in [0.2, 0.25) is 0 Å². The van der Waals surface area contributed by atoms with Gasteiger partial charge in [0.25, 0.3) is 0 Å². The van der Waals surface area contributed by atoms with Crippen molar-refractivity contribution in [3.8, 4) is 0 Å². The van der Waals surface area contributed by atoms with Crippen molar-refractivity contribution in [1.82, 2.24) is 0 Å². The fraction of sp³-hybridized carbons (Fsp3) is 0.900. The van der Waals surface area contributed by atoms with Crippen LogP contribution in [-0.2, 0) is 9.59 Å². The Hall–Kier alpha value is -0.660. The Labute approximate surface area is 131 Å². The monoisotopic (exact) mass is 296 g/mol. The summed E-state index contributed by atoms with van der Waals surface area (Å²) in [7, 11) is 0. The molecule has 116 valence electrons. The highest BCUT2D eigenvalue weighted by molar-refractivity contribution is 6.04. The highest BCUT2D eigenvalue weighted by atomic mass is 16.1. The molecule has 0 radical (unpaired) electrons. The van der Waals surface area contributed by atoms with E-state index in [4.69, 9.17) is 0 Å². The van der Waals surface area contributed by atoms with Gasteiger partial charge in [0, 0.05) is 23.7 Å². The molecule has 10 unspecified atom stereocenters. The van der Waals surface area contributed by atoms with Crippen molar-refractivity contribution >= 4 is 11.6 Å². The second-order valence-corrected chi connectivity index (χ2v) is 9.89. The molecule has 7 aliphatic carbocycles. The molecule has 7 aliphatic rings. The lowest BCUT2D eigenvalue weighted by Crippen LogP contribution is -2.40. The normalized spacial score (nSPS) is 64.5. The molecular formula is C20H24O2. The molecule has 0 aromatic heterocycles. The molecule has 0 saturated heterocycles. The maximum Gasteiger partial charge on any atom is 0.141 e. The van der Waals surface area contributed by atoms with Gasteiger partial charge in [0.1, 0.15) is 11.6 Å². The standard InChI is InChI=1S/C20H24O2/c21-18-12-10-8-3-4-9(7-8)11-13(12)19(22)15-14(18)16(10)20(17(11)15)5-1-2-6-20/h8-17H,1-7H2. The number of rotatable bonds is 0. The Kier molecular flexibility index (Phi) is 1.75. The topological polar surface area (TPSA) is 34.1 Å². The first-order chi connectivity index (χ1) is 10.7. The van der Waals surface area contributed by atoms with Crippen LogP contribution in [0.1, 0.15) is 44.9 Å². The lowest BCUT2D eigenvalue weighted by atomic mass is 9.60. The molecule has 0 aliphatic heterocycles.